The summed E-state index contributed by atoms with van der Waals surface area (Å²) in [5.41, 5.74) is -0.733. The average Bonchev–Trinajstić information content (AvgIpc) is 2.54. The monoisotopic (exact) mass is 257 g/mol. The molecular formula is C13H14F3NO. The van der Waals surface area contributed by atoms with Crippen LogP contribution < -0.4 is 0 Å². The Morgan fingerprint density at radius 1 is 1.11 bits per heavy atom. The fraction of sp³-hybridized carbons (Fsp3) is 0.385. The van der Waals surface area contributed by atoms with E-state index in [1.807, 2.05) is 0 Å². The van der Waals surface area contributed by atoms with Gasteiger partial charge in [0.1, 0.15) is 0 Å². The van der Waals surface area contributed by atoms with Crippen molar-refractivity contribution in [1.82, 2.24) is 4.57 Å². The lowest BCUT2D eigenvalue weighted by atomic mass is 10.1. The molecule has 98 valence electrons. The molecule has 2 aromatic rings. The van der Waals surface area contributed by atoms with Crippen LogP contribution in [0.15, 0.2) is 24.3 Å². The predicted octanol–water partition coefficient (Wildman–Crippen LogP) is 3.42. The molecule has 0 spiro atoms. The minimum absolute atomic E-state index is 0.460. The molecule has 0 aliphatic carbocycles. The van der Waals surface area contributed by atoms with Crippen LogP contribution in [0.4, 0.5) is 13.2 Å². The molecule has 5 heteroatoms. The van der Waals surface area contributed by atoms with Crippen molar-refractivity contribution in [2.75, 3.05) is 0 Å². The zero-order chi connectivity index (χ0) is 13.7. The third-order valence-electron chi connectivity index (χ3n) is 3.00. The zero-order valence-electron chi connectivity index (χ0n) is 10.3. The molecule has 18 heavy (non-hydrogen) atoms. The molecule has 1 heterocycles. The average molecular weight is 257 g/mol. The summed E-state index contributed by atoms with van der Waals surface area (Å²) in [5, 5.41) is 10.6. The van der Waals surface area contributed by atoms with Gasteiger partial charge in [-0.3, -0.25) is 0 Å². The molecule has 0 saturated carbocycles. The van der Waals surface area contributed by atoms with Crippen molar-refractivity contribution in [2.45, 2.75) is 25.6 Å². The number of aliphatic hydroxyl groups is 1. The van der Waals surface area contributed by atoms with E-state index in [1.165, 1.54) is 6.07 Å². The number of alkyl halides is 3. The van der Waals surface area contributed by atoms with Gasteiger partial charge in [-0.2, -0.15) is 13.2 Å². The van der Waals surface area contributed by atoms with Crippen LogP contribution in [0.1, 0.15) is 25.1 Å². The maximum Gasteiger partial charge on any atom is 0.416 e. The van der Waals surface area contributed by atoms with E-state index < -0.39 is 17.3 Å². The van der Waals surface area contributed by atoms with Crippen LogP contribution in [0.25, 0.3) is 10.9 Å². The molecule has 2 nitrogen and oxygen atoms in total. The zero-order valence-corrected chi connectivity index (χ0v) is 10.3. The molecule has 0 saturated heterocycles. The van der Waals surface area contributed by atoms with Gasteiger partial charge in [-0.15, -0.1) is 0 Å². The summed E-state index contributed by atoms with van der Waals surface area (Å²) < 4.78 is 39.5. The Morgan fingerprint density at radius 3 is 2.22 bits per heavy atom. The standard InChI is InChI=1S/C13H14F3NO/c1-12(2,18)11-6-8-4-5-9(13(14,15)16)7-10(8)17(11)3/h4-7,18H,1-3H3. The highest BCUT2D eigenvalue weighted by Gasteiger charge is 2.31. The van der Waals surface area contributed by atoms with Gasteiger partial charge in [-0.25, -0.2) is 0 Å². The van der Waals surface area contributed by atoms with Crippen LogP contribution in [0.5, 0.6) is 0 Å². The summed E-state index contributed by atoms with van der Waals surface area (Å²) in [6.45, 7) is 3.21. The van der Waals surface area contributed by atoms with E-state index >= 15 is 0 Å². The SMILES string of the molecule is Cn1c(C(C)(C)O)cc2ccc(C(F)(F)F)cc21. The second-order valence-corrected chi connectivity index (χ2v) is 4.92. The van der Waals surface area contributed by atoms with E-state index in [0.29, 0.717) is 16.6 Å². The Morgan fingerprint density at radius 2 is 1.72 bits per heavy atom. The quantitative estimate of drug-likeness (QED) is 0.832. The normalized spacial score (nSPS) is 13.3. The van der Waals surface area contributed by atoms with Gasteiger partial charge < -0.3 is 9.67 Å². The summed E-state index contributed by atoms with van der Waals surface area (Å²) in [6.07, 6.45) is -4.35. The van der Waals surface area contributed by atoms with E-state index in [9.17, 15) is 18.3 Å². The van der Waals surface area contributed by atoms with Crippen molar-refractivity contribution in [3.63, 3.8) is 0 Å². The van der Waals surface area contributed by atoms with Crippen LogP contribution in [0.3, 0.4) is 0 Å². The molecule has 0 fully saturated rings. The van der Waals surface area contributed by atoms with Gasteiger partial charge in [-0.05, 0) is 37.4 Å². The molecule has 0 bridgehead atoms. The van der Waals surface area contributed by atoms with Gasteiger partial charge in [0.2, 0.25) is 0 Å². The first-order valence-electron chi connectivity index (χ1n) is 5.50. The Balaban J connectivity index is 2.68. The molecule has 0 radical (unpaired) electrons. The van der Waals surface area contributed by atoms with E-state index in [4.69, 9.17) is 0 Å². The van der Waals surface area contributed by atoms with E-state index in [-0.39, 0.29) is 0 Å². The van der Waals surface area contributed by atoms with Gasteiger partial charge in [0, 0.05) is 18.3 Å². The number of halogens is 3. The number of nitrogens with zero attached hydrogens (tertiary/aromatic N) is 1. The van der Waals surface area contributed by atoms with Crippen molar-refractivity contribution < 1.29 is 18.3 Å². The molecule has 0 aliphatic heterocycles. The lowest BCUT2D eigenvalue weighted by molar-refractivity contribution is -0.137. The van der Waals surface area contributed by atoms with Crippen molar-refractivity contribution in [2.24, 2.45) is 7.05 Å². The summed E-state index contributed by atoms with van der Waals surface area (Å²) in [5.74, 6) is 0. The van der Waals surface area contributed by atoms with Gasteiger partial charge in [0.25, 0.3) is 0 Å². The molecule has 0 aliphatic rings. The molecule has 0 atom stereocenters. The predicted molar refractivity (Wildman–Crippen MR) is 63.2 cm³/mol. The van der Waals surface area contributed by atoms with Gasteiger partial charge in [0.05, 0.1) is 11.2 Å². The lowest BCUT2D eigenvalue weighted by Crippen LogP contribution is -2.19. The minimum atomic E-state index is -4.35. The number of rotatable bonds is 1. The van der Waals surface area contributed by atoms with E-state index in [1.54, 1.807) is 31.5 Å². The first-order chi connectivity index (χ1) is 8.10. The molecule has 0 amide bonds. The van der Waals surface area contributed by atoms with Crippen molar-refractivity contribution in [1.29, 1.82) is 0 Å². The van der Waals surface area contributed by atoms with E-state index in [2.05, 4.69) is 0 Å². The summed E-state index contributed by atoms with van der Waals surface area (Å²) in [6, 6.07) is 5.28. The minimum Gasteiger partial charge on any atom is -0.384 e. The molecule has 1 N–H and O–H groups in total. The van der Waals surface area contributed by atoms with Gasteiger partial charge in [-0.1, -0.05) is 6.07 Å². The maximum absolute atomic E-state index is 12.6. The van der Waals surface area contributed by atoms with Crippen LogP contribution in [0.2, 0.25) is 0 Å². The van der Waals surface area contributed by atoms with Crippen molar-refractivity contribution in [3.05, 3.63) is 35.5 Å². The van der Waals surface area contributed by atoms with Crippen molar-refractivity contribution >= 4 is 10.9 Å². The number of aromatic nitrogens is 1. The molecule has 1 aromatic heterocycles. The summed E-state index contributed by atoms with van der Waals surface area (Å²) in [7, 11) is 1.65. The first kappa shape index (κ1) is 13.0. The topological polar surface area (TPSA) is 25.2 Å². The molecular weight excluding hydrogens is 243 g/mol. The summed E-state index contributed by atoms with van der Waals surface area (Å²) in [4.78, 5) is 0. The molecule has 0 unspecified atom stereocenters. The van der Waals surface area contributed by atoms with Gasteiger partial charge >= 0.3 is 6.18 Å². The van der Waals surface area contributed by atoms with Crippen LogP contribution in [-0.2, 0) is 18.8 Å². The number of hydrogen-bond donors (Lipinski definition) is 1. The maximum atomic E-state index is 12.6. The largest absolute Gasteiger partial charge is 0.416 e. The third-order valence-corrected chi connectivity index (χ3v) is 3.00. The second kappa shape index (κ2) is 3.75. The highest BCUT2D eigenvalue weighted by Crippen LogP contribution is 2.33. The highest BCUT2D eigenvalue weighted by molar-refractivity contribution is 5.82. The Bertz CT molecular complexity index is 591. The molecule has 1 aromatic carbocycles. The number of fused-ring (bicyclic) bond motifs is 1. The number of aryl methyl sites for hydroxylation is 1. The Labute approximate surface area is 103 Å². The van der Waals surface area contributed by atoms with E-state index in [0.717, 1.165) is 12.1 Å². The Hall–Kier alpha value is -1.49. The van der Waals surface area contributed by atoms with Crippen molar-refractivity contribution in [3.8, 4) is 0 Å². The smallest absolute Gasteiger partial charge is 0.384 e. The highest BCUT2D eigenvalue weighted by atomic mass is 19.4. The van der Waals surface area contributed by atoms with Crippen LogP contribution in [0, 0.1) is 0 Å². The number of hydrogen-bond acceptors (Lipinski definition) is 1. The van der Waals surface area contributed by atoms with Crippen LogP contribution in [-0.4, -0.2) is 9.67 Å². The second-order valence-electron chi connectivity index (χ2n) is 4.92. The van der Waals surface area contributed by atoms with Crippen LogP contribution >= 0.6 is 0 Å². The Kier molecular flexibility index (Phi) is 2.70. The first-order valence-corrected chi connectivity index (χ1v) is 5.50. The molecule has 2 rings (SSSR count). The fourth-order valence-corrected chi connectivity index (χ4v) is 2.09. The lowest BCUT2D eigenvalue weighted by Gasteiger charge is -2.18. The third kappa shape index (κ3) is 2.10. The fourth-order valence-electron chi connectivity index (χ4n) is 2.09. The van der Waals surface area contributed by atoms with Gasteiger partial charge in [0.15, 0.2) is 0 Å². The summed E-state index contributed by atoms with van der Waals surface area (Å²) >= 11 is 0. The number of benzene rings is 1.